The zero-order valence-corrected chi connectivity index (χ0v) is 15.8. The zero-order chi connectivity index (χ0) is 18.8. The highest BCUT2D eigenvalue weighted by molar-refractivity contribution is 5.91. The van der Waals surface area contributed by atoms with Crippen molar-refractivity contribution in [3.8, 4) is 0 Å². The molecule has 1 aromatic carbocycles. The van der Waals surface area contributed by atoms with Crippen LogP contribution in [-0.2, 0) is 6.54 Å². The van der Waals surface area contributed by atoms with E-state index in [-0.39, 0.29) is 5.82 Å². The van der Waals surface area contributed by atoms with E-state index in [2.05, 4.69) is 20.2 Å². The summed E-state index contributed by atoms with van der Waals surface area (Å²) in [7, 11) is 0. The number of aryl methyl sites for hydroxylation is 2. The van der Waals surface area contributed by atoms with E-state index in [1.807, 2.05) is 26.0 Å². The predicted molar refractivity (Wildman–Crippen MR) is 104 cm³/mol. The van der Waals surface area contributed by atoms with Crippen molar-refractivity contribution in [3.63, 3.8) is 0 Å². The molecule has 5 nitrogen and oxygen atoms in total. The summed E-state index contributed by atoms with van der Waals surface area (Å²) in [5, 5.41) is 4.34. The van der Waals surface area contributed by atoms with Crippen molar-refractivity contribution in [2.24, 2.45) is 5.92 Å². The van der Waals surface area contributed by atoms with Crippen LogP contribution in [0.25, 0.3) is 10.9 Å². The van der Waals surface area contributed by atoms with Gasteiger partial charge < -0.3 is 9.73 Å². The average molecular weight is 368 g/mol. The third-order valence-electron chi connectivity index (χ3n) is 5.44. The van der Waals surface area contributed by atoms with Crippen LogP contribution >= 0.6 is 0 Å². The largest absolute Gasteiger partial charge is 0.444 e. The molecule has 1 saturated heterocycles. The molecule has 0 bridgehead atoms. The molecule has 0 spiro atoms. The zero-order valence-electron chi connectivity index (χ0n) is 15.8. The number of anilines is 1. The Morgan fingerprint density at radius 2 is 2.04 bits per heavy atom. The summed E-state index contributed by atoms with van der Waals surface area (Å²) in [6.07, 6.45) is 3.92. The molecule has 1 aliphatic heterocycles. The molecule has 1 aliphatic rings. The lowest BCUT2D eigenvalue weighted by molar-refractivity contribution is 0.167. The molecule has 2 aromatic heterocycles. The summed E-state index contributed by atoms with van der Waals surface area (Å²) in [6, 6.07) is 7.02. The monoisotopic (exact) mass is 368 g/mol. The SMILES string of the molecule is Cc1nc(CN2CCC(CNc3ccnc4c(F)cccc34)CC2)oc1C. The van der Waals surface area contributed by atoms with E-state index < -0.39 is 0 Å². The minimum absolute atomic E-state index is 0.276. The summed E-state index contributed by atoms with van der Waals surface area (Å²) in [4.78, 5) is 11.0. The number of benzene rings is 1. The van der Waals surface area contributed by atoms with Gasteiger partial charge in [-0.1, -0.05) is 12.1 Å². The third-order valence-corrected chi connectivity index (χ3v) is 5.44. The highest BCUT2D eigenvalue weighted by Gasteiger charge is 2.21. The second-order valence-electron chi connectivity index (χ2n) is 7.34. The number of oxazole rings is 1. The maximum Gasteiger partial charge on any atom is 0.208 e. The molecule has 1 N–H and O–H groups in total. The fraction of sp³-hybridized carbons (Fsp3) is 0.429. The van der Waals surface area contributed by atoms with Gasteiger partial charge in [0.25, 0.3) is 0 Å². The Morgan fingerprint density at radius 1 is 1.22 bits per heavy atom. The molecule has 4 rings (SSSR count). The quantitative estimate of drug-likeness (QED) is 0.728. The number of rotatable bonds is 5. The number of pyridine rings is 1. The van der Waals surface area contributed by atoms with Crippen molar-refractivity contribution in [1.29, 1.82) is 0 Å². The molecule has 142 valence electrons. The van der Waals surface area contributed by atoms with E-state index in [0.717, 1.165) is 67.4 Å². The minimum atomic E-state index is -0.276. The van der Waals surface area contributed by atoms with E-state index in [1.165, 1.54) is 6.07 Å². The Morgan fingerprint density at radius 3 is 2.78 bits per heavy atom. The maximum atomic E-state index is 13.9. The minimum Gasteiger partial charge on any atom is -0.444 e. The normalized spacial score (nSPS) is 16.1. The number of likely N-dealkylation sites (tertiary alicyclic amines) is 1. The van der Waals surface area contributed by atoms with Crippen LogP contribution in [0.4, 0.5) is 10.1 Å². The van der Waals surface area contributed by atoms with Crippen LogP contribution in [0.3, 0.4) is 0 Å². The fourth-order valence-corrected chi connectivity index (χ4v) is 3.70. The van der Waals surface area contributed by atoms with Gasteiger partial charge >= 0.3 is 0 Å². The Labute approximate surface area is 158 Å². The van der Waals surface area contributed by atoms with Gasteiger partial charge in [-0.15, -0.1) is 0 Å². The first-order valence-corrected chi connectivity index (χ1v) is 9.52. The van der Waals surface area contributed by atoms with Gasteiger partial charge in [-0.2, -0.15) is 0 Å². The van der Waals surface area contributed by atoms with E-state index in [1.54, 1.807) is 12.3 Å². The van der Waals surface area contributed by atoms with Gasteiger partial charge in [0.05, 0.1) is 12.2 Å². The molecule has 0 radical (unpaired) electrons. The Kier molecular flexibility index (Phi) is 5.07. The van der Waals surface area contributed by atoms with Gasteiger partial charge in [-0.25, -0.2) is 9.37 Å². The molecule has 6 heteroatoms. The number of aromatic nitrogens is 2. The summed E-state index contributed by atoms with van der Waals surface area (Å²) in [5.41, 5.74) is 2.35. The Bertz CT molecular complexity index is 912. The highest BCUT2D eigenvalue weighted by atomic mass is 19.1. The van der Waals surface area contributed by atoms with E-state index in [4.69, 9.17) is 4.42 Å². The van der Waals surface area contributed by atoms with Gasteiger partial charge in [0.1, 0.15) is 17.1 Å². The Hall–Kier alpha value is -2.47. The lowest BCUT2D eigenvalue weighted by Crippen LogP contribution is -2.35. The van der Waals surface area contributed by atoms with E-state index in [0.29, 0.717) is 11.4 Å². The summed E-state index contributed by atoms with van der Waals surface area (Å²) in [5.74, 6) is 2.05. The molecular formula is C21H25FN4O. The van der Waals surface area contributed by atoms with Gasteiger partial charge in [0.2, 0.25) is 5.89 Å². The number of nitrogens with one attached hydrogen (secondary N) is 1. The molecule has 0 unspecified atom stereocenters. The summed E-state index contributed by atoms with van der Waals surface area (Å²) < 4.78 is 19.6. The van der Waals surface area contributed by atoms with Crippen molar-refractivity contribution < 1.29 is 8.81 Å². The molecule has 3 heterocycles. The van der Waals surface area contributed by atoms with Gasteiger partial charge in [0, 0.05) is 23.8 Å². The molecule has 0 saturated carbocycles. The van der Waals surface area contributed by atoms with Crippen molar-refractivity contribution >= 4 is 16.6 Å². The first-order chi connectivity index (χ1) is 13.1. The van der Waals surface area contributed by atoms with Crippen LogP contribution in [0, 0.1) is 25.6 Å². The average Bonchev–Trinajstić information content (AvgIpc) is 2.99. The number of hydrogen-bond acceptors (Lipinski definition) is 5. The summed E-state index contributed by atoms with van der Waals surface area (Å²) >= 11 is 0. The highest BCUT2D eigenvalue weighted by Crippen LogP contribution is 2.25. The molecule has 0 amide bonds. The molecule has 1 fully saturated rings. The number of fused-ring (bicyclic) bond motifs is 1. The number of hydrogen-bond donors (Lipinski definition) is 1. The third kappa shape index (κ3) is 3.95. The fourth-order valence-electron chi connectivity index (χ4n) is 3.70. The predicted octanol–water partition coefficient (Wildman–Crippen LogP) is 4.30. The number of halogens is 1. The first kappa shape index (κ1) is 17.9. The smallest absolute Gasteiger partial charge is 0.208 e. The standard InChI is InChI=1S/C21H25FN4O/c1-14-15(2)27-20(25-14)13-26-10-7-16(8-11-26)12-24-19-6-9-23-21-17(19)4-3-5-18(21)22/h3-6,9,16H,7-8,10-13H2,1-2H3,(H,23,24). The van der Waals surface area contributed by atoms with Crippen molar-refractivity contribution in [2.45, 2.75) is 33.2 Å². The molecule has 27 heavy (non-hydrogen) atoms. The molecular weight excluding hydrogens is 343 g/mol. The van der Waals surface area contributed by atoms with E-state index in [9.17, 15) is 4.39 Å². The van der Waals surface area contributed by atoms with Crippen molar-refractivity contribution in [1.82, 2.24) is 14.9 Å². The Balaban J connectivity index is 1.32. The van der Waals surface area contributed by atoms with Gasteiger partial charge in [-0.3, -0.25) is 9.88 Å². The lowest BCUT2D eigenvalue weighted by Gasteiger charge is -2.31. The second-order valence-corrected chi connectivity index (χ2v) is 7.34. The van der Waals surface area contributed by atoms with Crippen LogP contribution < -0.4 is 5.32 Å². The van der Waals surface area contributed by atoms with Crippen molar-refractivity contribution in [3.05, 3.63) is 53.6 Å². The van der Waals surface area contributed by atoms with Gasteiger partial charge in [-0.05, 0) is 57.8 Å². The van der Waals surface area contributed by atoms with Crippen LogP contribution in [-0.4, -0.2) is 34.5 Å². The summed E-state index contributed by atoms with van der Waals surface area (Å²) in [6.45, 7) is 7.69. The maximum absolute atomic E-state index is 13.9. The number of nitrogens with zero attached hydrogens (tertiary/aromatic N) is 3. The van der Waals surface area contributed by atoms with Crippen LogP contribution in [0.15, 0.2) is 34.9 Å². The van der Waals surface area contributed by atoms with Crippen LogP contribution in [0.1, 0.15) is 30.2 Å². The number of piperidine rings is 1. The van der Waals surface area contributed by atoms with E-state index >= 15 is 0 Å². The van der Waals surface area contributed by atoms with Crippen LogP contribution in [0.5, 0.6) is 0 Å². The second kappa shape index (κ2) is 7.64. The van der Waals surface area contributed by atoms with Crippen LogP contribution in [0.2, 0.25) is 0 Å². The molecule has 3 aromatic rings. The topological polar surface area (TPSA) is 54.2 Å². The van der Waals surface area contributed by atoms with Crippen molar-refractivity contribution in [2.75, 3.05) is 25.0 Å². The van der Waals surface area contributed by atoms with Gasteiger partial charge in [0.15, 0.2) is 0 Å². The molecule has 0 atom stereocenters. The number of para-hydroxylation sites is 1. The lowest BCUT2D eigenvalue weighted by atomic mass is 9.96. The first-order valence-electron chi connectivity index (χ1n) is 9.52. The molecule has 0 aliphatic carbocycles.